The van der Waals surface area contributed by atoms with Gasteiger partial charge in [0.1, 0.15) is 11.5 Å². The molecule has 0 unspecified atom stereocenters. The molecule has 0 fully saturated rings. The fourth-order valence-corrected chi connectivity index (χ4v) is 2.16. The molecule has 138 valence electrons. The maximum Gasteiger partial charge on any atom is 0.330 e. The van der Waals surface area contributed by atoms with Crippen molar-refractivity contribution in [3.8, 4) is 11.5 Å². The van der Waals surface area contributed by atoms with Gasteiger partial charge in [-0.3, -0.25) is 4.79 Å². The van der Waals surface area contributed by atoms with Gasteiger partial charge in [-0.25, -0.2) is 4.79 Å². The van der Waals surface area contributed by atoms with Crippen molar-refractivity contribution < 1.29 is 23.8 Å². The van der Waals surface area contributed by atoms with Crippen molar-refractivity contribution in [1.29, 1.82) is 0 Å². The number of esters is 1. The monoisotopic (exact) mass is 349 g/mol. The average molecular weight is 349 g/mol. The summed E-state index contributed by atoms with van der Waals surface area (Å²) < 4.78 is 15.3. The van der Waals surface area contributed by atoms with Gasteiger partial charge in [-0.05, 0) is 18.6 Å². The van der Waals surface area contributed by atoms with E-state index in [1.807, 2.05) is 0 Å². The van der Waals surface area contributed by atoms with E-state index in [1.54, 1.807) is 18.2 Å². The van der Waals surface area contributed by atoms with Crippen LogP contribution in [0.3, 0.4) is 0 Å². The second kappa shape index (κ2) is 11.9. The minimum absolute atomic E-state index is 0.373. The highest BCUT2D eigenvalue weighted by Crippen LogP contribution is 2.28. The summed E-state index contributed by atoms with van der Waals surface area (Å²) in [7, 11) is 3.04. The highest BCUT2D eigenvalue weighted by molar-refractivity contribution is 6.03. The van der Waals surface area contributed by atoms with Gasteiger partial charge >= 0.3 is 5.97 Å². The Morgan fingerprint density at radius 3 is 2.48 bits per heavy atom. The molecule has 6 nitrogen and oxygen atoms in total. The summed E-state index contributed by atoms with van der Waals surface area (Å²) >= 11 is 0. The molecule has 0 atom stereocenters. The number of anilines is 1. The Hall–Kier alpha value is -2.50. The van der Waals surface area contributed by atoms with Crippen molar-refractivity contribution >= 4 is 17.6 Å². The molecule has 0 bridgehead atoms. The van der Waals surface area contributed by atoms with Crippen LogP contribution in [-0.2, 0) is 14.3 Å². The first-order valence-electron chi connectivity index (χ1n) is 8.48. The van der Waals surface area contributed by atoms with Crippen LogP contribution in [0.25, 0.3) is 0 Å². The van der Waals surface area contributed by atoms with Crippen molar-refractivity contribution in [2.75, 3.05) is 26.1 Å². The van der Waals surface area contributed by atoms with Crippen molar-refractivity contribution in [3.63, 3.8) is 0 Å². The molecule has 1 aromatic rings. The number of methoxy groups -OCH3 is 2. The normalized spacial score (nSPS) is 10.5. The van der Waals surface area contributed by atoms with Gasteiger partial charge in [-0.15, -0.1) is 0 Å². The molecule has 0 aromatic heterocycles. The summed E-state index contributed by atoms with van der Waals surface area (Å²) in [5.74, 6) is 0.106. The lowest BCUT2D eigenvalue weighted by Gasteiger charge is -2.10. The Balaban J connectivity index is 2.42. The molecule has 0 radical (unpaired) electrons. The number of carbonyl (C=O) groups is 2. The summed E-state index contributed by atoms with van der Waals surface area (Å²) in [5.41, 5.74) is 0.459. The van der Waals surface area contributed by atoms with E-state index in [-0.39, 0.29) is 0 Å². The van der Waals surface area contributed by atoms with E-state index in [9.17, 15) is 9.59 Å². The maximum atomic E-state index is 11.9. The molecular formula is C19H27NO5. The smallest absolute Gasteiger partial charge is 0.330 e. The summed E-state index contributed by atoms with van der Waals surface area (Å²) in [5, 5.41) is 2.64. The Kier molecular flexibility index (Phi) is 9.82. The van der Waals surface area contributed by atoms with Crippen molar-refractivity contribution in [2.24, 2.45) is 0 Å². The van der Waals surface area contributed by atoms with Gasteiger partial charge in [0.25, 0.3) is 0 Å². The average Bonchev–Trinajstić information content (AvgIpc) is 2.62. The van der Waals surface area contributed by atoms with Gasteiger partial charge in [-0.2, -0.15) is 0 Å². The first-order valence-corrected chi connectivity index (χ1v) is 8.48. The van der Waals surface area contributed by atoms with Gasteiger partial charge in [0.15, 0.2) is 0 Å². The molecule has 1 rings (SSSR count). The highest BCUT2D eigenvalue weighted by Gasteiger charge is 2.08. The standard InChI is InChI=1S/C19H27NO5/c1-4-5-6-7-8-13-25-19(22)12-11-18(21)20-16-14-15(23-2)9-10-17(16)24-3/h9-12,14H,4-8,13H2,1-3H3,(H,20,21)/b12-11+. The summed E-state index contributed by atoms with van der Waals surface area (Å²) in [6.07, 6.45) is 7.66. The van der Waals surface area contributed by atoms with Gasteiger partial charge in [0, 0.05) is 18.2 Å². The van der Waals surface area contributed by atoms with Crippen LogP contribution in [0.4, 0.5) is 5.69 Å². The number of amides is 1. The molecule has 0 aliphatic carbocycles. The van der Waals surface area contributed by atoms with Crippen molar-refractivity contribution in [2.45, 2.75) is 39.0 Å². The largest absolute Gasteiger partial charge is 0.497 e. The first-order chi connectivity index (χ1) is 12.1. The number of ether oxygens (including phenoxy) is 3. The molecule has 25 heavy (non-hydrogen) atoms. The van der Waals surface area contributed by atoms with Crippen LogP contribution < -0.4 is 14.8 Å². The Bertz CT molecular complexity index is 583. The molecule has 6 heteroatoms. The fraction of sp³-hybridized carbons (Fsp3) is 0.474. The number of unbranched alkanes of at least 4 members (excludes halogenated alkanes) is 4. The molecule has 0 saturated carbocycles. The molecule has 0 saturated heterocycles. The highest BCUT2D eigenvalue weighted by atomic mass is 16.5. The van der Waals surface area contributed by atoms with E-state index < -0.39 is 11.9 Å². The van der Waals surface area contributed by atoms with Gasteiger partial charge in [0.2, 0.25) is 5.91 Å². The van der Waals surface area contributed by atoms with Crippen molar-refractivity contribution in [1.82, 2.24) is 0 Å². The van der Waals surface area contributed by atoms with Gasteiger partial charge < -0.3 is 19.5 Å². The molecule has 1 aromatic carbocycles. The molecule has 1 N–H and O–H groups in total. The van der Waals surface area contributed by atoms with Crippen LogP contribution in [0.15, 0.2) is 30.4 Å². The lowest BCUT2D eigenvalue weighted by atomic mass is 10.2. The number of nitrogens with one attached hydrogen (secondary N) is 1. The number of carbonyl (C=O) groups excluding carboxylic acids is 2. The van der Waals surface area contributed by atoms with Crippen LogP contribution >= 0.6 is 0 Å². The zero-order valence-corrected chi connectivity index (χ0v) is 15.2. The quantitative estimate of drug-likeness (QED) is 0.374. The first kappa shape index (κ1) is 20.5. The molecule has 1 amide bonds. The van der Waals surface area contributed by atoms with Crippen LogP contribution in [0.1, 0.15) is 39.0 Å². The second-order valence-electron chi connectivity index (χ2n) is 5.47. The van der Waals surface area contributed by atoms with E-state index in [0.717, 1.165) is 31.4 Å². The van der Waals surface area contributed by atoms with Crippen molar-refractivity contribution in [3.05, 3.63) is 30.4 Å². The van der Waals surface area contributed by atoms with Crippen LogP contribution in [0.2, 0.25) is 0 Å². The fourth-order valence-electron chi connectivity index (χ4n) is 2.16. The summed E-state index contributed by atoms with van der Waals surface area (Å²) in [6.45, 7) is 2.52. The lowest BCUT2D eigenvalue weighted by Crippen LogP contribution is -2.11. The topological polar surface area (TPSA) is 73.9 Å². The van der Waals surface area contributed by atoms with E-state index in [2.05, 4.69) is 12.2 Å². The molecule has 0 heterocycles. The molecule has 0 spiro atoms. The number of rotatable bonds is 11. The minimum Gasteiger partial charge on any atom is -0.497 e. The van der Waals surface area contributed by atoms with Crippen LogP contribution in [0.5, 0.6) is 11.5 Å². The van der Waals surface area contributed by atoms with E-state index >= 15 is 0 Å². The van der Waals surface area contributed by atoms with Gasteiger partial charge in [0.05, 0.1) is 26.5 Å². The number of benzene rings is 1. The van der Waals surface area contributed by atoms with Crippen LogP contribution in [-0.4, -0.2) is 32.7 Å². The molecule has 0 aliphatic heterocycles. The third-order valence-corrected chi connectivity index (χ3v) is 3.53. The zero-order valence-electron chi connectivity index (χ0n) is 15.2. The van der Waals surface area contributed by atoms with E-state index in [1.165, 1.54) is 27.1 Å². The Morgan fingerprint density at radius 1 is 1.04 bits per heavy atom. The zero-order chi connectivity index (χ0) is 18.5. The maximum absolute atomic E-state index is 11.9. The van der Waals surface area contributed by atoms with Gasteiger partial charge in [-0.1, -0.05) is 32.6 Å². The SMILES string of the molecule is CCCCCCCOC(=O)/C=C/C(=O)Nc1cc(OC)ccc1OC. The third-order valence-electron chi connectivity index (χ3n) is 3.53. The number of hydrogen-bond donors (Lipinski definition) is 1. The Labute approximate surface area is 149 Å². The lowest BCUT2D eigenvalue weighted by molar-refractivity contribution is -0.138. The third kappa shape index (κ3) is 8.24. The predicted octanol–water partition coefficient (Wildman–Crippen LogP) is 3.71. The van der Waals surface area contributed by atoms with Crippen LogP contribution in [0, 0.1) is 0 Å². The minimum atomic E-state index is -0.525. The van der Waals surface area contributed by atoms with E-state index in [4.69, 9.17) is 14.2 Å². The predicted molar refractivity (Wildman–Crippen MR) is 97.0 cm³/mol. The second-order valence-corrected chi connectivity index (χ2v) is 5.47. The van der Waals surface area contributed by atoms with E-state index in [0.29, 0.717) is 23.8 Å². The molecular weight excluding hydrogens is 322 g/mol. The Morgan fingerprint density at radius 2 is 1.80 bits per heavy atom. The summed E-state index contributed by atoms with van der Waals surface area (Å²) in [6, 6.07) is 5.05. The summed E-state index contributed by atoms with van der Waals surface area (Å²) in [4.78, 5) is 23.5. The number of hydrogen-bond acceptors (Lipinski definition) is 5. The molecule has 0 aliphatic rings.